The number of methoxy groups -OCH3 is 1. The number of nitrogens with two attached hydrogens (primary N) is 1. The van der Waals surface area contributed by atoms with Crippen LogP contribution in [0, 0.1) is 6.92 Å². The molecule has 0 bridgehead atoms. The monoisotopic (exact) mass is 298 g/mol. The molecule has 2 N–H and O–H groups in total. The number of hydrogen-bond acceptors (Lipinski definition) is 4. The van der Waals surface area contributed by atoms with E-state index in [4.69, 9.17) is 10.5 Å². The van der Waals surface area contributed by atoms with Gasteiger partial charge in [0.25, 0.3) is 0 Å². The van der Waals surface area contributed by atoms with Crippen molar-refractivity contribution in [3.05, 3.63) is 23.8 Å². The van der Waals surface area contributed by atoms with E-state index in [0.717, 1.165) is 0 Å². The lowest BCUT2D eigenvalue weighted by Gasteiger charge is -2.22. The van der Waals surface area contributed by atoms with Crippen molar-refractivity contribution in [1.82, 2.24) is 4.31 Å². The molecule has 0 aliphatic carbocycles. The lowest BCUT2D eigenvalue weighted by molar-refractivity contribution is -0.121. The Morgan fingerprint density at radius 2 is 2.15 bits per heavy atom. The van der Waals surface area contributed by atoms with Crippen LogP contribution in [0.25, 0.3) is 0 Å². The first-order valence-corrected chi connectivity index (χ1v) is 7.77. The number of carbonyl (C=O) groups excluding carboxylic acids is 1. The molecule has 1 unspecified atom stereocenters. The molecule has 1 aliphatic rings. The molecule has 0 spiro atoms. The SMILES string of the molecule is COc1ccc(C)c(S(=O)(=O)N2CCCC2C(N)=O)c1. The van der Waals surface area contributed by atoms with E-state index < -0.39 is 22.0 Å². The van der Waals surface area contributed by atoms with Crippen LogP contribution in [0.2, 0.25) is 0 Å². The third kappa shape index (κ3) is 2.51. The minimum atomic E-state index is -3.74. The molecule has 1 atom stereocenters. The van der Waals surface area contributed by atoms with Crippen LogP contribution >= 0.6 is 0 Å². The molecule has 2 rings (SSSR count). The number of carbonyl (C=O) groups is 1. The van der Waals surface area contributed by atoms with E-state index in [1.807, 2.05) is 0 Å². The molecule has 1 aromatic rings. The van der Waals surface area contributed by atoms with Crippen LogP contribution in [0.1, 0.15) is 18.4 Å². The van der Waals surface area contributed by atoms with Gasteiger partial charge in [-0.15, -0.1) is 0 Å². The van der Waals surface area contributed by atoms with Crippen molar-refractivity contribution in [2.75, 3.05) is 13.7 Å². The van der Waals surface area contributed by atoms with Crippen molar-refractivity contribution in [1.29, 1.82) is 0 Å². The second kappa shape index (κ2) is 5.41. The summed E-state index contributed by atoms with van der Waals surface area (Å²) in [5.41, 5.74) is 5.90. The Labute approximate surface area is 118 Å². The maximum atomic E-state index is 12.7. The zero-order valence-corrected chi connectivity index (χ0v) is 12.3. The van der Waals surface area contributed by atoms with Crippen molar-refractivity contribution in [3.8, 4) is 5.75 Å². The number of aryl methyl sites for hydroxylation is 1. The number of amides is 1. The Bertz CT molecular complexity index is 627. The van der Waals surface area contributed by atoms with Gasteiger partial charge >= 0.3 is 0 Å². The van der Waals surface area contributed by atoms with Gasteiger partial charge in [0.05, 0.1) is 12.0 Å². The van der Waals surface area contributed by atoms with Gasteiger partial charge < -0.3 is 10.5 Å². The van der Waals surface area contributed by atoms with E-state index in [1.54, 1.807) is 19.1 Å². The van der Waals surface area contributed by atoms with Gasteiger partial charge in [0.15, 0.2) is 0 Å². The summed E-state index contributed by atoms with van der Waals surface area (Å²) in [6.07, 6.45) is 1.10. The Hall–Kier alpha value is -1.60. The fourth-order valence-corrected chi connectivity index (χ4v) is 4.33. The zero-order chi connectivity index (χ0) is 14.9. The molecular formula is C13H18N2O4S. The second-order valence-electron chi connectivity index (χ2n) is 4.81. The van der Waals surface area contributed by atoms with Gasteiger partial charge in [-0.2, -0.15) is 4.31 Å². The summed E-state index contributed by atoms with van der Waals surface area (Å²) in [5.74, 6) is -0.143. The summed E-state index contributed by atoms with van der Waals surface area (Å²) < 4.78 is 31.7. The number of benzene rings is 1. The Morgan fingerprint density at radius 3 is 2.75 bits per heavy atom. The summed E-state index contributed by atoms with van der Waals surface area (Å²) in [5, 5.41) is 0. The normalized spacial score (nSPS) is 20.0. The number of ether oxygens (including phenoxy) is 1. The molecule has 0 radical (unpaired) electrons. The Morgan fingerprint density at radius 1 is 1.45 bits per heavy atom. The average molecular weight is 298 g/mol. The van der Waals surface area contributed by atoms with E-state index in [9.17, 15) is 13.2 Å². The van der Waals surface area contributed by atoms with Gasteiger partial charge in [-0.1, -0.05) is 6.07 Å². The Balaban J connectivity index is 2.47. The Kier molecular flexibility index (Phi) is 4.01. The summed E-state index contributed by atoms with van der Waals surface area (Å²) in [6, 6.07) is 4.09. The van der Waals surface area contributed by atoms with E-state index >= 15 is 0 Å². The number of rotatable bonds is 4. The van der Waals surface area contributed by atoms with E-state index in [2.05, 4.69) is 0 Å². The minimum absolute atomic E-state index is 0.157. The maximum absolute atomic E-state index is 12.7. The van der Waals surface area contributed by atoms with Crippen LogP contribution in [0.5, 0.6) is 5.75 Å². The third-order valence-corrected chi connectivity index (χ3v) is 5.56. The molecule has 110 valence electrons. The first kappa shape index (κ1) is 14.8. The van der Waals surface area contributed by atoms with Gasteiger partial charge in [-0.3, -0.25) is 4.79 Å². The van der Waals surface area contributed by atoms with Crippen molar-refractivity contribution in [2.45, 2.75) is 30.7 Å². The van der Waals surface area contributed by atoms with Crippen molar-refractivity contribution >= 4 is 15.9 Å². The van der Waals surface area contributed by atoms with Crippen LogP contribution in [0.4, 0.5) is 0 Å². The van der Waals surface area contributed by atoms with Crippen molar-refractivity contribution in [3.63, 3.8) is 0 Å². The zero-order valence-electron chi connectivity index (χ0n) is 11.5. The fraction of sp³-hybridized carbons (Fsp3) is 0.462. The van der Waals surface area contributed by atoms with Gasteiger partial charge in [-0.25, -0.2) is 8.42 Å². The number of sulfonamides is 1. The highest BCUT2D eigenvalue weighted by molar-refractivity contribution is 7.89. The van der Waals surface area contributed by atoms with Crippen LogP contribution in [0.15, 0.2) is 23.1 Å². The van der Waals surface area contributed by atoms with Crippen LogP contribution in [-0.2, 0) is 14.8 Å². The summed E-state index contributed by atoms with van der Waals surface area (Å²) in [7, 11) is -2.27. The van der Waals surface area contributed by atoms with Crippen LogP contribution in [0.3, 0.4) is 0 Å². The number of primary amides is 1. The topological polar surface area (TPSA) is 89.7 Å². The molecule has 0 aromatic heterocycles. The predicted molar refractivity (Wildman–Crippen MR) is 73.8 cm³/mol. The molecule has 6 nitrogen and oxygen atoms in total. The highest BCUT2D eigenvalue weighted by Crippen LogP contribution is 2.29. The largest absolute Gasteiger partial charge is 0.497 e. The smallest absolute Gasteiger partial charge is 0.244 e. The summed E-state index contributed by atoms with van der Waals surface area (Å²) in [6.45, 7) is 2.02. The lowest BCUT2D eigenvalue weighted by atomic mass is 10.2. The molecule has 1 aromatic carbocycles. The van der Waals surface area contributed by atoms with Gasteiger partial charge in [0, 0.05) is 12.6 Å². The standard InChI is InChI=1S/C13H18N2O4S/c1-9-5-6-10(19-2)8-12(9)20(17,18)15-7-3-4-11(15)13(14)16/h5-6,8,11H,3-4,7H2,1-2H3,(H2,14,16). The minimum Gasteiger partial charge on any atom is -0.497 e. The van der Waals surface area contributed by atoms with Crippen LogP contribution in [-0.4, -0.2) is 38.3 Å². The van der Waals surface area contributed by atoms with Gasteiger partial charge in [-0.05, 0) is 31.4 Å². The molecule has 1 amide bonds. The molecule has 1 fully saturated rings. The first-order valence-electron chi connectivity index (χ1n) is 6.33. The van der Waals surface area contributed by atoms with E-state index in [0.29, 0.717) is 30.7 Å². The maximum Gasteiger partial charge on any atom is 0.244 e. The van der Waals surface area contributed by atoms with Crippen molar-refractivity contribution < 1.29 is 17.9 Å². The number of hydrogen-bond donors (Lipinski definition) is 1. The second-order valence-corrected chi connectivity index (χ2v) is 6.67. The fourth-order valence-electron chi connectivity index (χ4n) is 2.42. The van der Waals surface area contributed by atoms with Gasteiger partial charge in [0.1, 0.15) is 11.8 Å². The molecule has 1 heterocycles. The molecule has 20 heavy (non-hydrogen) atoms. The molecule has 1 saturated heterocycles. The quantitative estimate of drug-likeness (QED) is 0.883. The highest BCUT2D eigenvalue weighted by Gasteiger charge is 2.39. The van der Waals surface area contributed by atoms with Gasteiger partial charge in [0.2, 0.25) is 15.9 Å². The average Bonchev–Trinajstić information content (AvgIpc) is 2.89. The molecular weight excluding hydrogens is 280 g/mol. The lowest BCUT2D eigenvalue weighted by Crippen LogP contribution is -2.43. The van der Waals surface area contributed by atoms with E-state index in [1.165, 1.54) is 17.5 Å². The summed E-state index contributed by atoms with van der Waals surface area (Å²) >= 11 is 0. The molecule has 7 heteroatoms. The number of nitrogens with zero attached hydrogens (tertiary/aromatic N) is 1. The molecule has 1 aliphatic heterocycles. The highest BCUT2D eigenvalue weighted by atomic mass is 32.2. The third-order valence-electron chi connectivity index (χ3n) is 3.51. The predicted octanol–water partition coefficient (Wildman–Crippen LogP) is 0.642. The molecule has 0 saturated carbocycles. The van der Waals surface area contributed by atoms with Crippen LogP contribution < -0.4 is 10.5 Å². The van der Waals surface area contributed by atoms with Crippen molar-refractivity contribution in [2.24, 2.45) is 5.73 Å². The van der Waals surface area contributed by atoms with E-state index in [-0.39, 0.29) is 4.90 Å². The first-order chi connectivity index (χ1) is 9.37. The summed E-state index contributed by atoms with van der Waals surface area (Å²) in [4.78, 5) is 11.5.